The van der Waals surface area contributed by atoms with Crippen LogP contribution in [0.5, 0.6) is 0 Å². The Labute approximate surface area is 107 Å². The smallest absolute Gasteiger partial charge is 0.123 e. The van der Waals surface area contributed by atoms with E-state index in [9.17, 15) is 14.6 Å². The van der Waals surface area contributed by atoms with Gasteiger partial charge in [0.2, 0.25) is 0 Å². The third-order valence-electron chi connectivity index (χ3n) is 3.54. The topological polar surface area (TPSA) is 52.5 Å². The molecule has 0 aliphatic heterocycles. The number of hydrogen-bond donors (Lipinski definition) is 3. The number of halogens is 1. The summed E-state index contributed by atoms with van der Waals surface area (Å²) in [7, 11) is 0. The molecule has 100 valence electrons. The van der Waals surface area contributed by atoms with Gasteiger partial charge in [-0.25, -0.2) is 4.39 Å². The van der Waals surface area contributed by atoms with Crippen molar-refractivity contribution in [2.75, 3.05) is 6.54 Å². The fourth-order valence-electron chi connectivity index (χ4n) is 2.44. The Bertz CT molecular complexity index is 386. The molecule has 1 aromatic rings. The van der Waals surface area contributed by atoms with Crippen LogP contribution in [0.1, 0.15) is 37.4 Å². The van der Waals surface area contributed by atoms with Gasteiger partial charge < -0.3 is 15.5 Å². The first-order chi connectivity index (χ1) is 8.66. The average Bonchev–Trinajstić information content (AvgIpc) is 2.37. The van der Waals surface area contributed by atoms with Crippen LogP contribution in [-0.4, -0.2) is 28.9 Å². The molecule has 0 heterocycles. The maximum atomic E-state index is 13.0. The minimum Gasteiger partial charge on any atom is -0.392 e. The fraction of sp³-hybridized carbons (Fsp3) is 0.571. The predicted octanol–water partition coefficient (Wildman–Crippen LogP) is 1.75. The molecule has 0 amide bonds. The van der Waals surface area contributed by atoms with E-state index >= 15 is 0 Å². The van der Waals surface area contributed by atoms with E-state index in [-0.39, 0.29) is 18.0 Å². The van der Waals surface area contributed by atoms with Gasteiger partial charge in [0.05, 0.1) is 12.2 Å². The summed E-state index contributed by atoms with van der Waals surface area (Å²) in [5.41, 5.74) is 0.563. The Morgan fingerprint density at radius 1 is 1.33 bits per heavy atom. The summed E-state index contributed by atoms with van der Waals surface area (Å²) in [5, 5.41) is 22.9. The molecule has 1 saturated carbocycles. The maximum Gasteiger partial charge on any atom is 0.123 e. The van der Waals surface area contributed by atoms with Gasteiger partial charge in [-0.3, -0.25) is 0 Å². The highest BCUT2D eigenvalue weighted by molar-refractivity contribution is 5.19. The lowest BCUT2D eigenvalue weighted by molar-refractivity contribution is 0.0797. The van der Waals surface area contributed by atoms with Crippen molar-refractivity contribution in [3.8, 4) is 0 Å². The van der Waals surface area contributed by atoms with Crippen molar-refractivity contribution in [3.63, 3.8) is 0 Å². The number of nitrogens with one attached hydrogen (secondary N) is 1. The van der Waals surface area contributed by atoms with Crippen LogP contribution in [0.4, 0.5) is 4.39 Å². The van der Waals surface area contributed by atoms with Gasteiger partial charge in [-0.15, -0.1) is 0 Å². The Morgan fingerprint density at radius 3 is 2.83 bits per heavy atom. The number of aliphatic hydroxyl groups is 2. The lowest BCUT2D eigenvalue weighted by Gasteiger charge is -2.29. The minimum absolute atomic E-state index is 0.0435. The van der Waals surface area contributed by atoms with E-state index < -0.39 is 6.10 Å². The molecule has 2 rings (SSSR count). The summed E-state index contributed by atoms with van der Waals surface area (Å²) in [5.74, 6) is -0.343. The summed E-state index contributed by atoms with van der Waals surface area (Å²) in [6.45, 7) is 0.338. The van der Waals surface area contributed by atoms with Gasteiger partial charge in [-0.1, -0.05) is 25.0 Å². The molecule has 3 unspecified atom stereocenters. The summed E-state index contributed by atoms with van der Waals surface area (Å²) in [6, 6.07) is 6.02. The molecule has 3 nitrogen and oxygen atoms in total. The number of aliphatic hydroxyl groups excluding tert-OH is 2. The van der Waals surface area contributed by atoms with Crippen LogP contribution in [0.2, 0.25) is 0 Å². The zero-order valence-corrected chi connectivity index (χ0v) is 10.3. The molecule has 1 aliphatic carbocycles. The Hall–Kier alpha value is -0.970. The summed E-state index contributed by atoms with van der Waals surface area (Å²) >= 11 is 0. The molecule has 0 spiro atoms. The largest absolute Gasteiger partial charge is 0.392 e. The number of rotatable bonds is 4. The standard InChI is InChI=1S/C14H20FNO2/c15-11-5-3-4-10(8-11)14(18)9-16-12-6-1-2-7-13(12)17/h3-5,8,12-14,16-18H,1-2,6-7,9H2. The lowest BCUT2D eigenvalue weighted by atomic mass is 9.92. The van der Waals surface area contributed by atoms with Crippen molar-refractivity contribution < 1.29 is 14.6 Å². The van der Waals surface area contributed by atoms with Crippen LogP contribution in [0.3, 0.4) is 0 Å². The van der Waals surface area contributed by atoms with Crippen molar-refractivity contribution in [2.45, 2.75) is 43.9 Å². The first-order valence-corrected chi connectivity index (χ1v) is 6.52. The number of hydrogen-bond acceptors (Lipinski definition) is 3. The molecule has 18 heavy (non-hydrogen) atoms. The van der Waals surface area contributed by atoms with Gasteiger partial charge in [-0.2, -0.15) is 0 Å². The van der Waals surface area contributed by atoms with Gasteiger partial charge in [0.25, 0.3) is 0 Å². The molecule has 0 radical (unpaired) electrons. The molecule has 0 aromatic heterocycles. The average molecular weight is 253 g/mol. The van der Waals surface area contributed by atoms with E-state index in [0.29, 0.717) is 12.1 Å². The third-order valence-corrected chi connectivity index (χ3v) is 3.54. The molecule has 1 fully saturated rings. The van der Waals surface area contributed by atoms with Gasteiger partial charge in [0.15, 0.2) is 0 Å². The van der Waals surface area contributed by atoms with Crippen LogP contribution >= 0.6 is 0 Å². The molecule has 3 atom stereocenters. The van der Waals surface area contributed by atoms with Crippen molar-refractivity contribution in [3.05, 3.63) is 35.6 Å². The van der Waals surface area contributed by atoms with Crippen LogP contribution in [-0.2, 0) is 0 Å². The van der Waals surface area contributed by atoms with Crippen LogP contribution in [0.25, 0.3) is 0 Å². The monoisotopic (exact) mass is 253 g/mol. The Morgan fingerprint density at radius 2 is 2.11 bits per heavy atom. The molecule has 4 heteroatoms. The van der Waals surface area contributed by atoms with Gasteiger partial charge in [0, 0.05) is 12.6 Å². The Kier molecular flexibility index (Phi) is 4.69. The van der Waals surface area contributed by atoms with E-state index in [4.69, 9.17) is 0 Å². The van der Waals surface area contributed by atoms with E-state index in [2.05, 4.69) is 5.32 Å². The summed E-state index contributed by atoms with van der Waals surface area (Å²) in [4.78, 5) is 0. The maximum absolute atomic E-state index is 13.0. The second-order valence-electron chi connectivity index (χ2n) is 4.94. The first kappa shape index (κ1) is 13.5. The summed E-state index contributed by atoms with van der Waals surface area (Å²) < 4.78 is 13.0. The number of benzene rings is 1. The van der Waals surface area contributed by atoms with Crippen molar-refractivity contribution in [1.29, 1.82) is 0 Å². The molecule has 0 saturated heterocycles. The first-order valence-electron chi connectivity index (χ1n) is 6.52. The van der Waals surface area contributed by atoms with Crippen LogP contribution in [0.15, 0.2) is 24.3 Å². The highest BCUT2D eigenvalue weighted by Gasteiger charge is 2.23. The third kappa shape index (κ3) is 3.51. The van der Waals surface area contributed by atoms with Gasteiger partial charge in [0.1, 0.15) is 5.82 Å². The quantitative estimate of drug-likeness (QED) is 0.766. The molecule has 1 aromatic carbocycles. The van der Waals surface area contributed by atoms with Gasteiger partial charge in [-0.05, 0) is 30.5 Å². The minimum atomic E-state index is -0.741. The highest BCUT2D eigenvalue weighted by Crippen LogP contribution is 2.19. The fourth-order valence-corrected chi connectivity index (χ4v) is 2.44. The molecule has 3 N–H and O–H groups in total. The molecular formula is C14H20FNO2. The van der Waals surface area contributed by atoms with Crippen molar-refractivity contribution in [2.24, 2.45) is 0 Å². The van der Waals surface area contributed by atoms with Crippen molar-refractivity contribution in [1.82, 2.24) is 5.32 Å². The normalized spacial score (nSPS) is 25.9. The molecular weight excluding hydrogens is 233 g/mol. The Balaban J connectivity index is 1.86. The van der Waals surface area contributed by atoms with Crippen LogP contribution in [0, 0.1) is 5.82 Å². The van der Waals surface area contributed by atoms with E-state index in [1.165, 1.54) is 12.1 Å². The second kappa shape index (κ2) is 6.27. The van der Waals surface area contributed by atoms with E-state index in [0.717, 1.165) is 25.7 Å². The van der Waals surface area contributed by atoms with Gasteiger partial charge >= 0.3 is 0 Å². The zero-order chi connectivity index (χ0) is 13.0. The second-order valence-corrected chi connectivity index (χ2v) is 4.94. The lowest BCUT2D eigenvalue weighted by Crippen LogP contribution is -2.43. The molecule has 0 bridgehead atoms. The predicted molar refractivity (Wildman–Crippen MR) is 67.6 cm³/mol. The molecule has 1 aliphatic rings. The van der Waals surface area contributed by atoms with E-state index in [1.54, 1.807) is 12.1 Å². The van der Waals surface area contributed by atoms with E-state index in [1.807, 2.05) is 0 Å². The zero-order valence-electron chi connectivity index (χ0n) is 10.3. The summed E-state index contributed by atoms with van der Waals surface area (Å²) in [6.07, 6.45) is 2.83. The SMILES string of the molecule is OC(CNC1CCCCC1O)c1cccc(F)c1. The van der Waals surface area contributed by atoms with Crippen molar-refractivity contribution >= 4 is 0 Å². The highest BCUT2D eigenvalue weighted by atomic mass is 19.1. The van der Waals surface area contributed by atoms with Crippen LogP contribution < -0.4 is 5.32 Å².